The number of hydrogen-bond acceptors (Lipinski definition) is 4. The first kappa shape index (κ1) is 17.4. The molecule has 0 spiro atoms. The van der Waals surface area contributed by atoms with Gasteiger partial charge in [-0.25, -0.2) is 9.97 Å². The molecule has 2 fully saturated rings. The van der Waals surface area contributed by atoms with Gasteiger partial charge < -0.3 is 9.47 Å². The Kier molecular flexibility index (Phi) is 4.37. The Hall–Kier alpha value is -2.70. The van der Waals surface area contributed by atoms with E-state index in [-0.39, 0.29) is 11.9 Å². The number of carbonyl (C=O) groups is 1. The Bertz CT molecular complexity index is 999. The Balaban J connectivity index is 1.44. The highest BCUT2D eigenvalue weighted by Crippen LogP contribution is 2.38. The molecule has 1 aliphatic carbocycles. The van der Waals surface area contributed by atoms with Crippen LogP contribution in [-0.2, 0) is 6.54 Å². The zero-order valence-corrected chi connectivity index (χ0v) is 16.3. The Labute approximate surface area is 164 Å². The monoisotopic (exact) mass is 378 g/mol. The van der Waals surface area contributed by atoms with Gasteiger partial charge in [-0.15, -0.1) is 0 Å². The van der Waals surface area contributed by atoms with E-state index in [9.17, 15) is 4.79 Å². The first-order chi connectivity index (χ1) is 13.7. The molecule has 28 heavy (non-hydrogen) atoms. The van der Waals surface area contributed by atoms with Crippen LogP contribution in [0, 0.1) is 0 Å². The molecule has 1 saturated heterocycles. The molecule has 1 amide bonds. The molecule has 0 N–H and O–H groups in total. The van der Waals surface area contributed by atoms with Gasteiger partial charge in [0, 0.05) is 37.9 Å². The van der Waals surface area contributed by atoms with Gasteiger partial charge in [0.2, 0.25) is 0 Å². The van der Waals surface area contributed by atoms with E-state index in [4.69, 9.17) is 4.98 Å². The van der Waals surface area contributed by atoms with E-state index < -0.39 is 0 Å². The van der Waals surface area contributed by atoms with E-state index in [0.29, 0.717) is 18.2 Å². The summed E-state index contributed by atoms with van der Waals surface area (Å²) >= 11 is 0. The molecule has 3 aromatic heterocycles. The highest BCUT2D eigenvalue weighted by Gasteiger charge is 2.33. The van der Waals surface area contributed by atoms with Crippen molar-refractivity contribution in [1.29, 1.82) is 0 Å². The number of aryl methyl sites for hydroxylation is 1. The van der Waals surface area contributed by atoms with Crippen molar-refractivity contribution in [3.8, 4) is 0 Å². The van der Waals surface area contributed by atoms with Crippen molar-refractivity contribution in [1.82, 2.24) is 29.2 Å². The number of likely N-dealkylation sites (tertiary alicyclic amines) is 1. The average Bonchev–Trinajstić information content (AvgIpc) is 3.52. The van der Waals surface area contributed by atoms with Crippen molar-refractivity contribution in [2.24, 2.45) is 0 Å². The molecular weight excluding hydrogens is 352 g/mol. The van der Waals surface area contributed by atoms with E-state index in [0.717, 1.165) is 30.7 Å². The van der Waals surface area contributed by atoms with Crippen molar-refractivity contribution in [2.45, 2.75) is 57.5 Å². The minimum absolute atomic E-state index is 0.0227. The third kappa shape index (κ3) is 2.89. The molecule has 1 saturated carbocycles. The summed E-state index contributed by atoms with van der Waals surface area (Å²) in [5.41, 5.74) is 2.46. The minimum Gasteiger partial charge on any atom is -0.335 e. The normalized spacial score (nSPS) is 20.5. The molecule has 7 heteroatoms. The quantitative estimate of drug-likeness (QED) is 0.698. The second-order valence-electron chi connectivity index (χ2n) is 7.92. The predicted octanol–water partition coefficient (Wildman–Crippen LogP) is 3.39. The summed E-state index contributed by atoms with van der Waals surface area (Å²) in [6, 6.07) is 6.05. The molecular formula is C21H26N6O. The van der Waals surface area contributed by atoms with Gasteiger partial charge in [0.05, 0.1) is 6.04 Å². The average molecular weight is 378 g/mol. The van der Waals surface area contributed by atoms with Gasteiger partial charge in [-0.3, -0.25) is 9.48 Å². The number of carbonyl (C=O) groups excluding carboxylic acids is 1. The van der Waals surface area contributed by atoms with Crippen LogP contribution in [0.4, 0.5) is 0 Å². The van der Waals surface area contributed by atoms with Crippen molar-refractivity contribution in [3.05, 3.63) is 42.1 Å². The summed E-state index contributed by atoms with van der Waals surface area (Å²) in [5.74, 6) is 1.70. The Morgan fingerprint density at radius 1 is 1.21 bits per heavy atom. The summed E-state index contributed by atoms with van der Waals surface area (Å²) in [6.07, 6.45) is 9.59. The Morgan fingerprint density at radius 2 is 2.07 bits per heavy atom. The lowest BCUT2D eigenvalue weighted by atomic mass is 10.1. The van der Waals surface area contributed by atoms with Crippen LogP contribution in [0.2, 0.25) is 0 Å². The second kappa shape index (κ2) is 7.04. The van der Waals surface area contributed by atoms with Crippen LogP contribution >= 0.6 is 0 Å². The fourth-order valence-electron chi connectivity index (χ4n) is 4.73. The van der Waals surface area contributed by atoms with Gasteiger partial charge in [-0.05, 0) is 44.4 Å². The van der Waals surface area contributed by atoms with Gasteiger partial charge >= 0.3 is 0 Å². The molecule has 2 aliphatic rings. The Morgan fingerprint density at radius 3 is 2.86 bits per heavy atom. The molecule has 1 aliphatic heterocycles. The SMILES string of the molecule is CCn1ccc(C(=O)N2CCC(n3c(C4CCCC4)nc4cccnc43)C2)n1. The molecule has 7 nitrogen and oxygen atoms in total. The van der Waals surface area contributed by atoms with Crippen LogP contribution in [0.5, 0.6) is 0 Å². The number of pyridine rings is 1. The summed E-state index contributed by atoms with van der Waals surface area (Å²) in [5, 5.41) is 4.39. The zero-order valence-electron chi connectivity index (χ0n) is 16.3. The zero-order chi connectivity index (χ0) is 19.1. The van der Waals surface area contributed by atoms with Gasteiger partial charge in [-0.1, -0.05) is 12.8 Å². The predicted molar refractivity (Wildman–Crippen MR) is 106 cm³/mol. The van der Waals surface area contributed by atoms with Crippen LogP contribution in [0.25, 0.3) is 11.2 Å². The fourth-order valence-corrected chi connectivity index (χ4v) is 4.73. The largest absolute Gasteiger partial charge is 0.335 e. The molecule has 3 aromatic rings. The first-order valence-electron chi connectivity index (χ1n) is 10.4. The molecule has 146 valence electrons. The fraction of sp³-hybridized carbons (Fsp3) is 0.524. The molecule has 1 atom stereocenters. The van der Waals surface area contributed by atoms with Gasteiger partial charge in [0.25, 0.3) is 5.91 Å². The van der Waals surface area contributed by atoms with E-state index in [1.54, 1.807) is 4.68 Å². The number of nitrogens with zero attached hydrogens (tertiary/aromatic N) is 6. The summed E-state index contributed by atoms with van der Waals surface area (Å²) in [6.45, 7) is 4.24. The van der Waals surface area contributed by atoms with Gasteiger partial charge in [-0.2, -0.15) is 5.10 Å². The molecule has 1 unspecified atom stereocenters. The lowest BCUT2D eigenvalue weighted by Crippen LogP contribution is -2.30. The standard InChI is InChI=1S/C21H26N6O/c1-2-26-13-10-18(24-26)21(28)25-12-9-16(14-25)27-19(15-6-3-4-7-15)23-17-8-5-11-22-20(17)27/h5,8,10-11,13,15-16H,2-4,6-7,9,12,14H2,1H3. The van der Waals surface area contributed by atoms with E-state index in [2.05, 4.69) is 14.6 Å². The van der Waals surface area contributed by atoms with Crippen LogP contribution in [-0.4, -0.2) is 48.2 Å². The summed E-state index contributed by atoms with van der Waals surface area (Å²) in [7, 11) is 0. The maximum absolute atomic E-state index is 12.9. The minimum atomic E-state index is 0.0227. The third-order valence-corrected chi connectivity index (χ3v) is 6.20. The van der Waals surface area contributed by atoms with Gasteiger partial charge in [0.15, 0.2) is 5.65 Å². The van der Waals surface area contributed by atoms with Crippen molar-refractivity contribution in [3.63, 3.8) is 0 Å². The summed E-state index contributed by atoms with van der Waals surface area (Å²) in [4.78, 5) is 24.4. The molecule has 4 heterocycles. The number of aromatic nitrogens is 5. The lowest BCUT2D eigenvalue weighted by molar-refractivity contribution is 0.0781. The molecule has 0 radical (unpaired) electrons. The smallest absolute Gasteiger partial charge is 0.274 e. The number of hydrogen-bond donors (Lipinski definition) is 0. The number of fused-ring (bicyclic) bond motifs is 1. The topological polar surface area (TPSA) is 68.8 Å². The number of rotatable bonds is 4. The van der Waals surface area contributed by atoms with Crippen LogP contribution in [0.1, 0.15) is 67.3 Å². The van der Waals surface area contributed by atoms with Crippen molar-refractivity contribution >= 4 is 17.1 Å². The molecule has 0 aromatic carbocycles. The van der Waals surface area contributed by atoms with E-state index in [1.165, 1.54) is 31.5 Å². The van der Waals surface area contributed by atoms with Crippen LogP contribution in [0.15, 0.2) is 30.6 Å². The maximum atomic E-state index is 12.9. The molecule has 5 rings (SSSR count). The second-order valence-corrected chi connectivity index (χ2v) is 7.92. The lowest BCUT2D eigenvalue weighted by Gasteiger charge is -2.20. The maximum Gasteiger partial charge on any atom is 0.274 e. The third-order valence-electron chi connectivity index (χ3n) is 6.20. The van der Waals surface area contributed by atoms with Crippen LogP contribution < -0.4 is 0 Å². The first-order valence-corrected chi connectivity index (χ1v) is 10.4. The van der Waals surface area contributed by atoms with Crippen LogP contribution in [0.3, 0.4) is 0 Å². The number of amides is 1. The highest BCUT2D eigenvalue weighted by atomic mass is 16.2. The number of imidazole rings is 1. The van der Waals surface area contributed by atoms with E-state index >= 15 is 0 Å². The van der Waals surface area contributed by atoms with Crippen molar-refractivity contribution < 1.29 is 4.79 Å². The van der Waals surface area contributed by atoms with Gasteiger partial charge in [0.1, 0.15) is 17.0 Å². The van der Waals surface area contributed by atoms with Crippen molar-refractivity contribution in [2.75, 3.05) is 13.1 Å². The molecule has 0 bridgehead atoms. The van der Waals surface area contributed by atoms with E-state index in [1.807, 2.05) is 42.4 Å². The highest BCUT2D eigenvalue weighted by molar-refractivity contribution is 5.92. The summed E-state index contributed by atoms with van der Waals surface area (Å²) < 4.78 is 4.13.